The Bertz CT molecular complexity index is 2770. The second kappa shape index (κ2) is 28.1. The van der Waals surface area contributed by atoms with Gasteiger partial charge in [0.25, 0.3) is 23.6 Å². The van der Waals surface area contributed by atoms with Gasteiger partial charge < -0.3 is 34.6 Å². The summed E-state index contributed by atoms with van der Waals surface area (Å²) in [5.74, 6) is 1.66. The molecule has 1 aliphatic carbocycles. The number of alkyl halides is 3. The summed E-state index contributed by atoms with van der Waals surface area (Å²) in [6.07, 6.45) is 8.89. The van der Waals surface area contributed by atoms with Crippen molar-refractivity contribution in [1.29, 1.82) is 0 Å². The lowest BCUT2D eigenvalue weighted by Gasteiger charge is -2.35. The zero-order valence-electron chi connectivity index (χ0n) is 43.1. The highest BCUT2D eigenvalue weighted by Gasteiger charge is 2.42. The van der Waals surface area contributed by atoms with E-state index in [1.54, 1.807) is 16.9 Å². The summed E-state index contributed by atoms with van der Waals surface area (Å²) in [7, 11) is 1.64. The number of benzene rings is 3. The van der Waals surface area contributed by atoms with E-state index in [1.807, 2.05) is 77.9 Å². The number of ether oxygens (including phenoxy) is 3. The molecule has 75 heavy (non-hydrogen) atoms. The molecule has 2 unspecified atom stereocenters. The van der Waals surface area contributed by atoms with Crippen LogP contribution in [0, 0.1) is 25.1 Å². The second-order valence-electron chi connectivity index (χ2n) is 17.7. The quantitative estimate of drug-likeness (QED) is 0.0733. The summed E-state index contributed by atoms with van der Waals surface area (Å²) in [5.41, 5.74) is 4.92. The standard InChI is InChI=1S/C19H15FN2O4.C15H22ClNO2.C11H11Cl2NO2.C8H14ClN5/c1-2-7-21-15-9-14(13(20)8-16(15)26-10-17(21)23)22-18(24)11-5-3-4-6-12(11)19(22)25;1-5-13-8-6-7-11(2)15(13)17(14(18)9-16)12(3)10-19-4;1-7-6-16-9-5-3-2-4-8(9)14(7)11(15)10(12)13;1-4-10-7-12-6(9)13-8(14-7)11-5(2)3/h1,8-9H,3-7,10H2;6-8,12H,5,9-10H2,1-4H3;2-5,7,10H,6H2,1H3;5H,4H2,1-3H3,(H2,10,11,12,13,14). The van der Waals surface area contributed by atoms with Gasteiger partial charge in [-0.1, -0.05) is 66.4 Å². The number of methoxy groups -OCH3 is 1. The maximum absolute atomic E-state index is 14.7. The van der Waals surface area contributed by atoms with Crippen molar-refractivity contribution < 1.29 is 42.6 Å². The van der Waals surface area contributed by atoms with Crippen molar-refractivity contribution in [2.24, 2.45) is 0 Å². The fraction of sp³-hybridized carbons (Fsp3) is 0.434. The molecule has 3 aliphatic heterocycles. The lowest BCUT2D eigenvalue weighted by atomic mass is 9.93. The first kappa shape index (κ1) is 59.6. The molecule has 2 atom stereocenters. The molecule has 402 valence electrons. The molecule has 4 heterocycles. The van der Waals surface area contributed by atoms with Gasteiger partial charge in [-0.05, 0) is 115 Å². The molecule has 17 nitrogen and oxygen atoms in total. The van der Waals surface area contributed by atoms with Gasteiger partial charge >= 0.3 is 0 Å². The molecular formula is C53H62Cl4FN9O8. The van der Waals surface area contributed by atoms with Gasteiger partial charge in [0.05, 0.1) is 48.0 Å². The summed E-state index contributed by atoms with van der Waals surface area (Å²) in [6.45, 7) is 15.4. The normalized spacial score (nSPS) is 15.8. The molecule has 3 aromatic carbocycles. The van der Waals surface area contributed by atoms with Crippen LogP contribution in [0.2, 0.25) is 5.28 Å². The lowest BCUT2D eigenvalue weighted by Crippen LogP contribution is -2.47. The van der Waals surface area contributed by atoms with Crippen LogP contribution >= 0.6 is 46.4 Å². The first-order chi connectivity index (χ1) is 35.8. The van der Waals surface area contributed by atoms with Crippen LogP contribution in [0.5, 0.6) is 11.5 Å². The number of para-hydroxylation sites is 3. The van der Waals surface area contributed by atoms with E-state index < -0.39 is 22.5 Å². The third-order valence-electron chi connectivity index (χ3n) is 11.9. The van der Waals surface area contributed by atoms with Crippen LogP contribution in [0.15, 0.2) is 65.7 Å². The third-order valence-corrected chi connectivity index (χ3v) is 12.6. The first-order valence-corrected chi connectivity index (χ1v) is 26.1. The monoisotopic (exact) mass is 1110 g/mol. The predicted molar refractivity (Wildman–Crippen MR) is 293 cm³/mol. The Kier molecular flexibility index (Phi) is 22.3. The molecular weight excluding hydrogens is 1050 g/mol. The minimum absolute atomic E-state index is 0.0170. The minimum atomic E-state index is -1.05. The van der Waals surface area contributed by atoms with E-state index in [0.29, 0.717) is 54.8 Å². The highest BCUT2D eigenvalue weighted by Crippen LogP contribution is 2.42. The molecule has 8 rings (SSSR count). The maximum atomic E-state index is 14.7. The molecule has 0 saturated heterocycles. The Morgan fingerprint density at radius 2 is 1.60 bits per heavy atom. The number of terminal acetylenes is 1. The molecule has 0 bridgehead atoms. The lowest BCUT2D eigenvalue weighted by molar-refractivity contribution is -0.121. The number of hydrogen-bond donors (Lipinski definition) is 2. The molecule has 1 aromatic heterocycles. The van der Waals surface area contributed by atoms with E-state index in [1.165, 1.54) is 11.0 Å². The summed E-state index contributed by atoms with van der Waals surface area (Å²) in [6, 6.07) is 16.0. The van der Waals surface area contributed by atoms with Crippen LogP contribution in [0.25, 0.3) is 0 Å². The fourth-order valence-corrected chi connectivity index (χ4v) is 9.08. The highest BCUT2D eigenvalue weighted by atomic mass is 35.5. The highest BCUT2D eigenvalue weighted by molar-refractivity contribution is 6.54. The van der Waals surface area contributed by atoms with Crippen LogP contribution < -0.4 is 39.7 Å². The van der Waals surface area contributed by atoms with Crippen molar-refractivity contribution in [3.05, 3.63) is 88.0 Å². The van der Waals surface area contributed by atoms with Crippen LogP contribution in [0.4, 0.5) is 39.0 Å². The molecule has 4 aliphatic rings. The van der Waals surface area contributed by atoms with Gasteiger partial charge in [0.2, 0.25) is 23.1 Å². The molecule has 0 spiro atoms. The van der Waals surface area contributed by atoms with E-state index in [0.717, 1.165) is 59.3 Å². The number of hydrogen-bond acceptors (Lipinski definition) is 13. The number of anilines is 6. The molecule has 0 fully saturated rings. The number of halogens is 5. The summed E-state index contributed by atoms with van der Waals surface area (Å²) >= 11 is 22.7. The van der Waals surface area contributed by atoms with E-state index in [9.17, 15) is 28.4 Å². The number of imide groups is 1. The predicted octanol–water partition coefficient (Wildman–Crippen LogP) is 9.47. The summed E-state index contributed by atoms with van der Waals surface area (Å²) in [5, 5.41) is 6.23. The van der Waals surface area contributed by atoms with Crippen LogP contribution in [-0.4, -0.2) is 113 Å². The Morgan fingerprint density at radius 3 is 2.20 bits per heavy atom. The Balaban J connectivity index is 0.000000191. The number of aromatic nitrogens is 3. The van der Waals surface area contributed by atoms with Gasteiger partial charge in [-0.3, -0.25) is 28.9 Å². The maximum Gasteiger partial charge on any atom is 0.265 e. The average molecular weight is 1110 g/mol. The van der Waals surface area contributed by atoms with Gasteiger partial charge in [-0.2, -0.15) is 15.0 Å². The molecule has 22 heteroatoms. The number of rotatable bonds is 13. The van der Waals surface area contributed by atoms with Crippen molar-refractivity contribution in [2.75, 3.05) is 76.1 Å². The van der Waals surface area contributed by atoms with E-state index in [-0.39, 0.29) is 77.3 Å². The Hall–Kier alpha value is -6.23. The van der Waals surface area contributed by atoms with E-state index >= 15 is 0 Å². The van der Waals surface area contributed by atoms with Crippen molar-refractivity contribution in [3.8, 4) is 23.8 Å². The van der Waals surface area contributed by atoms with Gasteiger partial charge in [0.15, 0.2) is 17.3 Å². The van der Waals surface area contributed by atoms with Gasteiger partial charge in [0.1, 0.15) is 24.0 Å². The number of fused-ring (bicyclic) bond motifs is 2. The minimum Gasteiger partial charge on any atom is -0.489 e. The zero-order valence-corrected chi connectivity index (χ0v) is 46.2. The smallest absolute Gasteiger partial charge is 0.265 e. The SMILES string of the molecule is C#CCN1C(=O)COc2cc(F)c(N3C(=O)C4=C(CCCC4)C3=O)cc21.CC1COc2ccccc2N1C(=O)C(Cl)Cl.CCNc1nc(Cl)nc(NC(C)C)n1.CCc1cccc(C)c1N(C(=O)CCl)C(C)COC. The number of carbonyl (C=O) groups excluding carboxylic acids is 5. The Morgan fingerprint density at radius 1 is 0.933 bits per heavy atom. The third kappa shape index (κ3) is 14.8. The average Bonchev–Trinajstić information content (AvgIpc) is 3.63. The van der Waals surface area contributed by atoms with Crippen LogP contribution in [0.1, 0.15) is 78.4 Å². The van der Waals surface area contributed by atoms with Crippen LogP contribution in [-0.2, 0) is 35.1 Å². The number of amides is 5. The first-order valence-electron chi connectivity index (χ1n) is 24.3. The summed E-state index contributed by atoms with van der Waals surface area (Å²) in [4.78, 5) is 77.9. The van der Waals surface area contributed by atoms with Crippen molar-refractivity contribution >= 4 is 111 Å². The van der Waals surface area contributed by atoms with E-state index in [2.05, 4.69) is 44.5 Å². The fourth-order valence-electron chi connectivity index (χ4n) is 8.58. The number of aryl methyl sites for hydroxylation is 2. The van der Waals surface area contributed by atoms with Crippen LogP contribution in [0.3, 0.4) is 0 Å². The molecule has 0 radical (unpaired) electrons. The van der Waals surface area contributed by atoms with Gasteiger partial charge in [0, 0.05) is 36.9 Å². The van der Waals surface area contributed by atoms with E-state index in [4.69, 9.17) is 67.0 Å². The van der Waals surface area contributed by atoms with Crippen molar-refractivity contribution in [2.45, 2.75) is 104 Å². The van der Waals surface area contributed by atoms with Crippen molar-refractivity contribution in [1.82, 2.24) is 15.0 Å². The number of nitrogens with one attached hydrogen (secondary N) is 2. The van der Waals surface area contributed by atoms with Crippen molar-refractivity contribution in [3.63, 3.8) is 0 Å². The largest absolute Gasteiger partial charge is 0.489 e. The number of carbonyl (C=O) groups is 5. The van der Waals surface area contributed by atoms with Gasteiger partial charge in [-0.15, -0.1) is 18.0 Å². The topological polar surface area (TPSA) is 189 Å². The molecule has 4 aromatic rings. The molecule has 0 saturated carbocycles. The molecule has 2 N–H and O–H groups in total. The number of nitrogens with zero attached hydrogens (tertiary/aromatic N) is 7. The zero-order chi connectivity index (χ0) is 55.1. The van der Waals surface area contributed by atoms with Gasteiger partial charge in [-0.25, -0.2) is 9.29 Å². The molecule has 5 amide bonds. The second-order valence-corrected chi connectivity index (χ2v) is 19.4. The summed E-state index contributed by atoms with van der Waals surface area (Å²) < 4.78 is 30.6. The Labute approximate surface area is 457 Å².